The summed E-state index contributed by atoms with van der Waals surface area (Å²) in [5.74, 6) is 4.77. The standard InChI is InChI=1S/C37H56N2O4/c1-23(2)7-6-8-24(3)31-11-12-32-30-10-9-25-19-28(15-17-36(25,4)33(30)16-18-37(31,32)5)42-34(40)13-14-35(41)43-29-21-26(38)20-27(39)22-29/h13-14,20-25,28,30-33H,6-12,15-19,38-39H2,1-5H3/b14-13+. The molecule has 4 fully saturated rings. The number of ether oxygens (including phenoxy) is 2. The molecule has 5 rings (SSSR count). The molecule has 43 heavy (non-hydrogen) atoms. The van der Waals surface area contributed by atoms with Gasteiger partial charge in [0.25, 0.3) is 0 Å². The van der Waals surface area contributed by atoms with Gasteiger partial charge in [-0.25, -0.2) is 9.59 Å². The SMILES string of the molecule is CC(C)CCCC(C)C1CCC2C3CCC4CC(OC(=O)/C=C/C(=O)Oc5cc(N)cc(N)c5)CCC4(C)C3CCC12C. The summed E-state index contributed by atoms with van der Waals surface area (Å²) in [4.78, 5) is 24.9. The van der Waals surface area contributed by atoms with E-state index in [-0.39, 0.29) is 11.9 Å². The van der Waals surface area contributed by atoms with Crippen molar-refractivity contribution in [1.82, 2.24) is 0 Å². The van der Waals surface area contributed by atoms with Gasteiger partial charge < -0.3 is 20.9 Å². The van der Waals surface area contributed by atoms with Gasteiger partial charge in [-0.3, -0.25) is 0 Å². The number of benzene rings is 1. The summed E-state index contributed by atoms with van der Waals surface area (Å²) in [6.45, 7) is 12.5. The number of esters is 2. The summed E-state index contributed by atoms with van der Waals surface area (Å²) < 4.78 is 11.1. The molecule has 4 saturated carbocycles. The zero-order valence-electron chi connectivity index (χ0n) is 27.3. The molecule has 6 nitrogen and oxygen atoms in total. The fraction of sp³-hybridized carbons (Fsp3) is 0.730. The molecule has 238 valence electrons. The molecule has 0 saturated heterocycles. The van der Waals surface area contributed by atoms with Gasteiger partial charge in [-0.1, -0.05) is 53.9 Å². The molecule has 0 spiro atoms. The highest BCUT2D eigenvalue weighted by molar-refractivity contribution is 5.92. The van der Waals surface area contributed by atoms with Crippen LogP contribution < -0.4 is 16.2 Å². The Morgan fingerprint density at radius 2 is 1.53 bits per heavy atom. The van der Waals surface area contributed by atoms with Crippen LogP contribution >= 0.6 is 0 Å². The molecule has 0 amide bonds. The van der Waals surface area contributed by atoms with Gasteiger partial charge in [-0.05, 0) is 116 Å². The van der Waals surface area contributed by atoms with Crippen LogP contribution in [0.2, 0.25) is 0 Å². The van der Waals surface area contributed by atoms with Gasteiger partial charge in [0.15, 0.2) is 0 Å². The van der Waals surface area contributed by atoms with Crippen molar-refractivity contribution in [1.29, 1.82) is 0 Å². The summed E-state index contributed by atoms with van der Waals surface area (Å²) in [6, 6.07) is 4.61. The van der Waals surface area contributed by atoms with E-state index in [4.69, 9.17) is 20.9 Å². The average Bonchev–Trinajstić information content (AvgIpc) is 3.28. The van der Waals surface area contributed by atoms with E-state index in [1.54, 1.807) is 6.07 Å². The molecule has 1 aromatic rings. The molecule has 4 aliphatic carbocycles. The highest BCUT2D eigenvalue weighted by Crippen LogP contribution is 2.68. The Morgan fingerprint density at radius 1 is 0.860 bits per heavy atom. The summed E-state index contributed by atoms with van der Waals surface area (Å²) in [7, 11) is 0. The van der Waals surface area contributed by atoms with E-state index in [0.29, 0.717) is 28.1 Å². The third-order valence-electron chi connectivity index (χ3n) is 12.6. The Bertz CT molecular complexity index is 1170. The minimum atomic E-state index is -0.667. The topological polar surface area (TPSA) is 105 Å². The van der Waals surface area contributed by atoms with Crippen LogP contribution in [0.15, 0.2) is 30.4 Å². The lowest BCUT2D eigenvalue weighted by molar-refractivity contribution is -0.158. The largest absolute Gasteiger partial charge is 0.459 e. The first-order valence-corrected chi connectivity index (χ1v) is 17.2. The first-order valence-electron chi connectivity index (χ1n) is 17.2. The predicted octanol–water partition coefficient (Wildman–Crippen LogP) is 8.35. The molecule has 0 heterocycles. The zero-order chi connectivity index (χ0) is 30.9. The van der Waals surface area contributed by atoms with Gasteiger partial charge in [0.05, 0.1) is 0 Å². The number of rotatable bonds is 9. The summed E-state index contributed by atoms with van der Waals surface area (Å²) in [5, 5.41) is 0. The van der Waals surface area contributed by atoms with Crippen molar-refractivity contribution in [2.75, 3.05) is 11.5 Å². The van der Waals surface area contributed by atoms with E-state index >= 15 is 0 Å². The third-order valence-corrected chi connectivity index (χ3v) is 12.6. The van der Waals surface area contributed by atoms with Crippen molar-refractivity contribution in [2.24, 2.45) is 52.3 Å². The highest BCUT2D eigenvalue weighted by Gasteiger charge is 2.60. The monoisotopic (exact) mass is 592 g/mol. The predicted molar refractivity (Wildman–Crippen MR) is 173 cm³/mol. The average molecular weight is 593 g/mol. The van der Waals surface area contributed by atoms with E-state index < -0.39 is 11.9 Å². The van der Waals surface area contributed by atoms with Crippen LogP contribution in [0.5, 0.6) is 5.75 Å². The van der Waals surface area contributed by atoms with Crippen LogP contribution in [0, 0.1) is 52.3 Å². The van der Waals surface area contributed by atoms with Crippen LogP contribution in [0.25, 0.3) is 0 Å². The summed E-state index contributed by atoms with van der Waals surface area (Å²) in [5.41, 5.74) is 13.2. The Balaban J connectivity index is 1.14. The Labute approximate surface area is 259 Å². The lowest BCUT2D eigenvalue weighted by Gasteiger charge is -2.61. The molecule has 1 aromatic carbocycles. The molecule has 0 aromatic heterocycles. The van der Waals surface area contributed by atoms with Gasteiger partial charge in [0.1, 0.15) is 11.9 Å². The lowest BCUT2D eigenvalue weighted by Crippen LogP contribution is -2.54. The number of carbonyl (C=O) groups is 2. The maximum Gasteiger partial charge on any atom is 0.336 e. The molecule has 0 radical (unpaired) electrons. The van der Waals surface area contributed by atoms with Crippen LogP contribution in [-0.2, 0) is 14.3 Å². The summed E-state index contributed by atoms with van der Waals surface area (Å²) >= 11 is 0. The van der Waals surface area contributed by atoms with Gasteiger partial charge in [0.2, 0.25) is 0 Å². The van der Waals surface area contributed by atoms with E-state index in [2.05, 4.69) is 34.6 Å². The van der Waals surface area contributed by atoms with Crippen molar-refractivity contribution in [3.8, 4) is 5.75 Å². The van der Waals surface area contributed by atoms with Crippen molar-refractivity contribution in [3.05, 3.63) is 30.4 Å². The number of hydrogen-bond acceptors (Lipinski definition) is 6. The Hall–Kier alpha value is -2.50. The molecule has 0 aliphatic heterocycles. The highest BCUT2D eigenvalue weighted by atomic mass is 16.5. The summed E-state index contributed by atoms with van der Waals surface area (Å²) in [6.07, 6.45) is 17.5. The molecule has 0 bridgehead atoms. The first-order chi connectivity index (χ1) is 20.4. The molecule has 9 unspecified atom stereocenters. The third kappa shape index (κ3) is 6.78. The quantitative estimate of drug-likeness (QED) is 0.129. The Morgan fingerprint density at radius 3 is 2.26 bits per heavy atom. The number of fused-ring (bicyclic) bond motifs is 5. The van der Waals surface area contributed by atoms with Gasteiger partial charge in [-0.2, -0.15) is 0 Å². The smallest absolute Gasteiger partial charge is 0.336 e. The van der Waals surface area contributed by atoms with Crippen LogP contribution in [0.3, 0.4) is 0 Å². The second kappa shape index (κ2) is 12.9. The number of nitrogens with two attached hydrogens (primary N) is 2. The van der Waals surface area contributed by atoms with E-state index in [9.17, 15) is 9.59 Å². The van der Waals surface area contributed by atoms with Gasteiger partial charge in [0, 0.05) is 35.7 Å². The molecule has 6 heteroatoms. The maximum atomic E-state index is 12.6. The van der Waals surface area contributed by atoms with Crippen molar-refractivity contribution >= 4 is 23.3 Å². The number of hydrogen-bond donors (Lipinski definition) is 2. The van der Waals surface area contributed by atoms with Crippen molar-refractivity contribution in [3.63, 3.8) is 0 Å². The van der Waals surface area contributed by atoms with Gasteiger partial charge >= 0.3 is 11.9 Å². The van der Waals surface area contributed by atoms with E-state index in [0.717, 1.165) is 60.8 Å². The van der Waals surface area contributed by atoms with Crippen LogP contribution in [-0.4, -0.2) is 18.0 Å². The first kappa shape index (κ1) is 31.9. The molecular formula is C37H56N2O4. The Kier molecular flexibility index (Phi) is 9.54. The van der Waals surface area contributed by atoms with E-state index in [1.807, 2.05) is 0 Å². The fourth-order valence-corrected chi connectivity index (χ4v) is 10.5. The van der Waals surface area contributed by atoms with Crippen LogP contribution in [0.1, 0.15) is 112 Å². The molecular weight excluding hydrogens is 536 g/mol. The normalized spacial score (nSPS) is 36.0. The maximum absolute atomic E-state index is 12.6. The number of anilines is 2. The molecule has 9 atom stereocenters. The number of nitrogen functional groups attached to an aromatic ring is 2. The second-order valence-electron chi connectivity index (χ2n) is 15.6. The van der Waals surface area contributed by atoms with E-state index in [1.165, 1.54) is 76.0 Å². The van der Waals surface area contributed by atoms with Crippen molar-refractivity contribution in [2.45, 2.75) is 118 Å². The van der Waals surface area contributed by atoms with Gasteiger partial charge in [-0.15, -0.1) is 0 Å². The second-order valence-corrected chi connectivity index (χ2v) is 15.6. The zero-order valence-corrected chi connectivity index (χ0v) is 27.3. The lowest BCUT2D eigenvalue weighted by atomic mass is 9.44. The molecule has 4 N–H and O–H groups in total. The fourth-order valence-electron chi connectivity index (χ4n) is 10.5. The molecule has 4 aliphatic rings. The minimum absolute atomic E-state index is 0.0899. The van der Waals surface area contributed by atoms with Crippen LogP contribution in [0.4, 0.5) is 11.4 Å². The minimum Gasteiger partial charge on any atom is -0.459 e. The van der Waals surface area contributed by atoms with Crippen molar-refractivity contribution < 1.29 is 19.1 Å². The number of carbonyl (C=O) groups excluding carboxylic acids is 2.